The van der Waals surface area contributed by atoms with Crippen LogP contribution in [-0.4, -0.2) is 0 Å². The predicted octanol–water partition coefficient (Wildman–Crippen LogP) is 8.83. The molecule has 0 radical (unpaired) electrons. The predicted molar refractivity (Wildman–Crippen MR) is 119 cm³/mol. The number of hydrogen-bond donors (Lipinski definition) is 0. The molecule has 1 saturated carbocycles. The van der Waals surface area contributed by atoms with E-state index < -0.39 is 0 Å². The number of fused-ring (bicyclic) bond motifs is 2. The lowest BCUT2D eigenvalue weighted by molar-refractivity contribution is 0.271. The average Bonchev–Trinajstić information content (AvgIpc) is 3.18. The number of hydrogen-bond acceptors (Lipinski definition) is 0. The molecule has 0 heterocycles. The van der Waals surface area contributed by atoms with Gasteiger partial charge in [0.2, 0.25) is 0 Å². The smallest absolute Gasteiger partial charge is 0.00712 e. The third-order valence-electron chi connectivity index (χ3n) is 7.45. The molecular weight excluding hydrogens is 312 g/mol. The molecule has 0 nitrogen and oxygen atoms in total. The first-order valence-electron chi connectivity index (χ1n) is 11.8. The lowest BCUT2D eigenvalue weighted by Gasteiger charge is -2.37. The Kier molecular flexibility index (Phi) is 9.17. The lowest BCUT2D eigenvalue weighted by Crippen LogP contribution is -2.27. The zero-order valence-electron chi connectivity index (χ0n) is 19.7. The zero-order valence-corrected chi connectivity index (χ0v) is 19.7. The maximum atomic E-state index is 2.78. The molecule has 0 amide bonds. The minimum Gasteiger partial charge on any atom is -0.0747 e. The summed E-state index contributed by atoms with van der Waals surface area (Å²) in [5, 5.41) is 0. The van der Waals surface area contributed by atoms with Gasteiger partial charge in [-0.3, -0.25) is 0 Å². The molecular formula is C26H48. The van der Waals surface area contributed by atoms with E-state index >= 15 is 0 Å². The van der Waals surface area contributed by atoms with Crippen LogP contribution in [0.15, 0.2) is 22.8 Å². The summed E-state index contributed by atoms with van der Waals surface area (Å²) in [5.74, 6) is 4.18. The van der Waals surface area contributed by atoms with Gasteiger partial charge in [0.15, 0.2) is 0 Å². The van der Waals surface area contributed by atoms with E-state index in [4.69, 9.17) is 0 Å². The summed E-state index contributed by atoms with van der Waals surface area (Å²) in [7, 11) is 0. The molecule has 3 rings (SSSR count). The van der Waals surface area contributed by atoms with Gasteiger partial charge < -0.3 is 0 Å². The Balaban J connectivity index is 0.000000791. The van der Waals surface area contributed by atoms with Gasteiger partial charge in [0, 0.05) is 5.41 Å². The second kappa shape index (κ2) is 10.1. The Morgan fingerprint density at radius 1 is 1.08 bits per heavy atom. The SMILES string of the molecule is CC.CC.CCC1CCC2/C1=C\C1(C)CCC(C(C)C)=C1CC(C)C2C. The molecule has 0 aromatic carbocycles. The van der Waals surface area contributed by atoms with Crippen LogP contribution in [0.1, 0.15) is 108 Å². The van der Waals surface area contributed by atoms with Gasteiger partial charge >= 0.3 is 0 Å². The van der Waals surface area contributed by atoms with Gasteiger partial charge in [-0.1, -0.05) is 92.0 Å². The number of rotatable bonds is 2. The third-order valence-corrected chi connectivity index (χ3v) is 7.45. The van der Waals surface area contributed by atoms with Crippen LogP contribution in [0.25, 0.3) is 0 Å². The fraction of sp³-hybridized carbons (Fsp3) is 0.846. The van der Waals surface area contributed by atoms with E-state index in [-0.39, 0.29) is 0 Å². The summed E-state index contributed by atoms with van der Waals surface area (Å²) in [6.45, 7) is 22.8. The van der Waals surface area contributed by atoms with Crippen LogP contribution in [0.2, 0.25) is 0 Å². The average molecular weight is 361 g/mol. The van der Waals surface area contributed by atoms with Gasteiger partial charge in [0.1, 0.15) is 0 Å². The van der Waals surface area contributed by atoms with Crippen LogP contribution in [0.5, 0.6) is 0 Å². The molecule has 0 aromatic heterocycles. The molecule has 0 heteroatoms. The van der Waals surface area contributed by atoms with Crippen LogP contribution in [0.3, 0.4) is 0 Å². The highest BCUT2D eigenvalue weighted by atomic mass is 14.5. The molecule has 0 N–H and O–H groups in total. The Labute approximate surface area is 165 Å². The van der Waals surface area contributed by atoms with Gasteiger partial charge in [-0.2, -0.15) is 0 Å². The van der Waals surface area contributed by atoms with E-state index in [1.807, 2.05) is 38.8 Å². The summed E-state index contributed by atoms with van der Waals surface area (Å²) >= 11 is 0. The molecule has 5 atom stereocenters. The monoisotopic (exact) mass is 360 g/mol. The lowest BCUT2D eigenvalue weighted by atomic mass is 9.67. The molecule has 1 fully saturated rings. The van der Waals surface area contributed by atoms with Crippen molar-refractivity contribution in [3.8, 4) is 0 Å². The van der Waals surface area contributed by atoms with Crippen molar-refractivity contribution in [2.75, 3.05) is 0 Å². The first-order valence-corrected chi connectivity index (χ1v) is 11.8. The van der Waals surface area contributed by atoms with Crippen molar-refractivity contribution in [2.24, 2.45) is 35.0 Å². The first-order chi connectivity index (χ1) is 12.4. The largest absolute Gasteiger partial charge is 0.0747 e. The highest BCUT2D eigenvalue weighted by molar-refractivity contribution is 5.37. The summed E-state index contributed by atoms with van der Waals surface area (Å²) < 4.78 is 0. The van der Waals surface area contributed by atoms with Crippen LogP contribution in [0.4, 0.5) is 0 Å². The highest BCUT2D eigenvalue weighted by Gasteiger charge is 2.43. The Bertz CT molecular complexity index is 492. The van der Waals surface area contributed by atoms with E-state index in [1.165, 1.54) is 38.5 Å². The number of allylic oxidation sites excluding steroid dienone is 4. The van der Waals surface area contributed by atoms with E-state index in [9.17, 15) is 0 Å². The van der Waals surface area contributed by atoms with Gasteiger partial charge in [-0.15, -0.1) is 0 Å². The summed E-state index contributed by atoms with van der Waals surface area (Å²) in [4.78, 5) is 0. The maximum Gasteiger partial charge on any atom is 0.00712 e. The minimum absolute atomic E-state index is 0.374. The van der Waals surface area contributed by atoms with Gasteiger partial charge in [-0.25, -0.2) is 0 Å². The molecule has 3 aliphatic rings. The van der Waals surface area contributed by atoms with E-state index in [0.717, 1.165) is 29.6 Å². The van der Waals surface area contributed by atoms with Crippen LogP contribution >= 0.6 is 0 Å². The van der Waals surface area contributed by atoms with E-state index in [0.29, 0.717) is 5.41 Å². The van der Waals surface area contributed by atoms with Crippen molar-refractivity contribution < 1.29 is 0 Å². The van der Waals surface area contributed by atoms with Crippen LogP contribution < -0.4 is 0 Å². The van der Waals surface area contributed by atoms with Crippen molar-refractivity contribution in [3.63, 3.8) is 0 Å². The molecule has 0 spiro atoms. The first kappa shape index (κ1) is 23.5. The van der Waals surface area contributed by atoms with Crippen molar-refractivity contribution in [2.45, 2.75) is 108 Å². The standard InChI is InChI=1S/C22H36.2C2H6/c1-7-17-8-9-19-16(5)15(4)12-21-18(14(2)3)10-11-22(21,6)13-20(17)19;2*1-2/h13-17,19H,7-12H2,1-6H3;2*1-2H3/b20-13-;;. The molecule has 5 unspecified atom stereocenters. The summed E-state index contributed by atoms with van der Waals surface area (Å²) in [6.07, 6.45) is 11.1. The Morgan fingerprint density at radius 3 is 2.23 bits per heavy atom. The molecule has 3 aliphatic carbocycles. The fourth-order valence-electron chi connectivity index (χ4n) is 5.74. The second-order valence-electron chi connectivity index (χ2n) is 9.05. The van der Waals surface area contributed by atoms with Crippen LogP contribution in [-0.2, 0) is 0 Å². The minimum atomic E-state index is 0.374. The quantitative estimate of drug-likeness (QED) is 0.431. The second-order valence-corrected chi connectivity index (χ2v) is 9.05. The van der Waals surface area contributed by atoms with Crippen molar-refractivity contribution in [1.82, 2.24) is 0 Å². The molecule has 0 aromatic rings. The Morgan fingerprint density at radius 2 is 1.69 bits per heavy atom. The topological polar surface area (TPSA) is 0 Å². The molecule has 0 aliphatic heterocycles. The molecule has 0 saturated heterocycles. The van der Waals surface area contributed by atoms with Gasteiger partial charge in [0.05, 0.1) is 0 Å². The van der Waals surface area contributed by atoms with E-state index in [2.05, 4.69) is 47.6 Å². The molecule has 152 valence electrons. The third kappa shape index (κ3) is 4.48. The Hall–Kier alpha value is -0.520. The van der Waals surface area contributed by atoms with Gasteiger partial charge in [0.25, 0.3) is 0 Å². The normalized spacial score (nSPS) is 38.0. The van der Waals surface area contributed by atoms with Crippen molar-refractivity contribution >= 4 is 0 Å². The maximum absolute atomic E-state index is 2.78. The molecule has 0 bridgehead atoms. The van der Waals surface area contributed by atoms with E-state index in [1.54, 1.807) is 5.57 Å². The van der Waals surface area contributed by atoms with Crippen molar-refractivity contribution in [1.29, 1.82) is 0 Å². The van der Waals surface area contributed by atoms with Gasteiger partial charge in [-0.05, 0) is 68.1 Å². The van der Waals surface area contributed by atoms with Crippen molar-refractivity contribution in [3.05, 3.63) is 22.8 Å². The molecule has 26 heavy (non-hydrogen) atoms. The van der Waals surface area contributed by atoms with Crippen LogP contribution in [0, 0.1) is 35.0 Å². The fourth-order valence-corrected chi connectivity index (χ4v) is 5.74. The summed E-state index contributed by atoms with van der Waals surface area (Å²) in [5.41, 5.74) is 5.85. The highest BCUT2D eigenvalue weighted by Crippen LogP contribution is 2.56. The summed E-state index contributed by atoms with van der Waals surface area (Å²) in [6, 6.07) is 0. The zero-order chi connectivity index (χ0) is 20.1.